The molecule has 6 aliphatic rings. The number of phosphoric ester groups is 1. The van der Waals surface area contributed by atoms with Gasteiger partial charge in [0.15, 0.2) is 11.2 Å². The number of amides is 2. The second-order valence-electron chi connectivity index (χ2n) is 23.4. The first-order valence-corrected chi connectivity index (χ1v) is 34.8. The molecule has 6 aliphatic heterocycles. The van der Waals surface area contributed by atoms with Gasteiger partial charge in [-0.05, 0) is 112 Å². The number of fused-ring (bicyclic) bond motifs is 5. The summed E-state index contributed by atoms with van der Waals surface area (Å²) < 4.78 is 69.8. The summed E-state index contributed by atoms with van der Waals surface area (Å²) in [6.45, 7) is 4.80. The van der Waals surface area contributed by atoms with Crippen molar-refractivity contribution in [3.05, 3.63) is 131 Å². The molecule has 0 aliphatic carbocycles. The van der Waals surface area contributed by atoms with Gasteiger partial charge in [0.2, 0.25) is 23.1 Å². The Morgan fingerprint density at radius 3 is 2.43 bits per heavy atom. The molecule has 6 atom stereocenters. The minimum atomic E-state index is -5.80. The van der Waals surface area contributed by atoms with Crippen LogP contribution in [0.1, 0.15) is 142 Å². The number of aliphatic hydroxyl groups excluding tert-OH is 1. The van der Waals surface area contributed by atoms with Gasteiger partial charge in [-0.15, -0.1) is 0 Å². The molecule has 8 heterocycles. The quantitative estimate of drug-likeness (QED) is 0.0107. The predicted molar refractivity (Wildman–Crippen MR) is 331 cm³/mol. The molecular weight excluding hydrogens is 1270 g/mol. The molecule has 4 aromatic carbocycles. The zero-order chi connectivity index (χ0) is 65.7. The number of carboxylic acid groups (broad SMARTS) is 1. The molecule has 1 saturated heterocycles. The highest BCUT2D eigenvalue weighted by atomic mass is 31.3. The lowest BCUT2D eigenvalue weighted by atomic mass is 9.81. The number of aromatic carboxylic acids is 1. The molecule has 0 bridgehead atoms. The van der Waals surface area contributed by atoms with Crippen molar-refractivity contribution in [1.82, 2.24) is 34.7 Å². The lowest BCUT2D eigenvalue weighted by molar-refractivity contribution is -0.386. The smallest absolute Gasteiger partial charge is 0.478 e. The molecule has 490 valence electrons. The number of benzene rings is 4. The Hall–Kier alpha value is -8.00. The second-order valence-corrected chi connectivity index (χ2v) is 27.8. The SMILES string of the molecule is C[C@H](Oc1nc(N)nc2c1ncn2[C@H]1CC(O)[C@@H](COP(=O)(O)OP(=O)(O)OP(=O)(O)O)O1)c1ccc(C#CCNC(=O)CCCCCNC(=O)c2ccc(C(=O)O)c(C3=c4cc5c6c(c4Oc4c3cc3c7c4CCCN7CCC3)CCC[N+]=6CCC5)c2)cc1[N+](=O)[O-]. The Labute approximate surface area is 530 Å². The molecule has 3 unspecified atom stereocenters. The maximum Gasteiger partial charge on any atom is 0.490 e. The molecule has 6 aromatic rings. The van der Waals surface area contributed by atoms with Crippen LogP contribution in [0.15, 0.2) is 54.9 Å². The number of nitrogens with one attached hydrogen (secondary N) is 2. The van der Waals surface area contributed by atoms with Crippen LogP contribution in [0.3, 0.4) is 0 Å². The van der Waals surface area contributed by atoms with Crippen molar-refractivity contribution in [1.29, 1.82) is 0 Å². The van der Waals surface area contributed by atoms with E-state index in [0.29, 0.717) is 36.9 Å². The van der Waals surface area contributed by atoms with Gasteiger partial charge in [-0.3, -0.25) is 28.8 Å². The number of aryl methyl sites for hydroxylation is 2. The zero-order valence-corrected chi connectivity index (χ0v) is 52.8. The molecule has 0 radical (unpaired) electrons. The van der Waals surface area contributed by atoms with Crippen LogP contribution in [0.4, 0.5) is 17.3 Å². The fourth-order valence-electron chi connectivity index (χ4n) is 13.2. The number of carbonyl (C=O) groups is 3. The van der Waals surface area contributed by atoms with E-state index in [9.17, 15) is 58.2 Å². The van der Waals surface area contributed by atoms with Crippen molar-refractivity contribution in [3.63, 3.8) is 0 Å². The number of nitrogens with two attached hydrogens (primary N) is 1. The van der Waals surface area contributed by atoms with Gasteiger partial charge in [-0.2, -0.15) is 18.6 Å². The molecule has 12 rings (SSSR count). The topological polar surface area (TPSA) is 422 Å². The molecule has 33 heteroatoms. The standard InChI is InChI=1S/C60H65N10O20P3/c1-33(86-58-51-56(65-60(61)66-58)69(32-64-51)49-30-46(71)47(87-49)31-85-92(81,82)90-93(83,84)89-91(78,79)80)38-18-16-34(26-45(38)70(76)77)10-5-21-62-48(72)15-3-2-4-20-63-57(73)37-17-19-39(59(74)75)42(29-37)50-43-27-35-11-6-22-67-24-8-13-40(52(35)67)54(43)88-55-41-14-9-25-68-23-7-12-36(53(41)68)28-44(50)55/h16-19,26-29,32-33,46-47,49,71H,2-4,6-9,11-15,20-25,30-31H2,1H3,(H8-,61,62,63,65,66,72,73,74,75,78,79,80,81,82,83,84)/p+1/t33-,46?,47+,49+/m0/s1. The highest BCUT2D eigenvalue weighted by molar-refractivity contribution is 7.66. The number of nitrogen functional groups attached to an aromatic ring is 1. The Balaban J connectivity index is 0.644. The van der Waals surface area contributed by atoms with Gasteiger partial charge < -0.3 is 65.3 Å². The Morgan fingerprint density at radius 2 is 1.66 bits per heavy atom. The van der Waals surface area contributed by atoms with Crippen LogP contribution in [-0.2, 0) is 62.1 Å². The summed E-state index contributed by atoms with van der Waals surface area (Å²) in [5, 5.41) is 41.7. The number of aliphatic hydroxyl groups is 1. The number of nitro groups is 1. The van der Waals surface area contributed by atoms with Crippen molar-refractivity contribution in [3.8, 4) is 29.2 Å². The summed E-state index contributed by atoms with van der Waals surface area (Å²) >= 11 is 0. The van der Waals surface area contributed by atoms with Gasteiger partial charge in [0.05, 0.1) is 47.2 Å². The molecule has 2 aromatic heterocycles. The summed E-state index contributed by atoms with van der Waals surface area (Å²) in [5.74, 6) is 5.02. The van der Waals surface area contributed by atoms with Crippen molar-refractivity contribution in [2.24, 2.45) is 0 Å². The molecule has 30 nitrogen and oxygen atoms in total. The molecule has 0 saturated carbocycles. The van der Waals surface area contributed by atoms with E-state index in [1.165, 1.54) is 75.4 Å². The molecule has 10 N–H and O–H groups in total. The average Bonchev–Trinajstić information content (AvgIpc) is 1.34. The van der Waals surface area contributed by atoms with E-state index >= 15 is 0 Å². The summed E-state index contributed by atoms with van der Waals surface area (Å²) in [6.07, 6.45) is 5.55. The molecule has 93 heavy (non-hydrogen) atoms. The highest BCUT2D eigenvalue weighted by Crippen LogP contribution is 2.66. The van der Waals surface area contributed by atoms with E-state index in [2.05, 4.69) is 72.2 Å². The number of hydrogen-bond acceptors (Lipinski definition) is 20. The summed E-state index contributed by atoms with van der Waals surface area (Å²) in [5.41, 5.74) is 14.7. The summed E-state index contributed by atoms with van der Waals surface area (Å²) in [6, 6.07) is 13.5. The number of phosphoric acid groups is 3. The van der Waals surface area contributed by atoms with Crippen molar-refractivity contribution >= 4 is 75.3 Å². The number of rotatable bonds is 22. The van der Waals surface area contributed by atoms with Crippen molar-refractivity contribution < 1.29 is 90.1 Å². The molecule has 0 spiro atoms. The molecule has 1 fully saturated rings. The normalized spacial score (nSPS) is 19.5. The number of carbonyl (C=O) groups excluding carboxylic acids is 2. The number of hydrogen-bond donors (Lipinski definition) is 9. The summed E-state index contributed by atoms with van der Waals surface area (Å²) in [4.78, 5) is 104. The minimum Gasteiger partial charge on any atom is -0.478 e. The number of anilines is 2. The lowest BCUT2D eigenvalue weighted by Crippen LogP contribution is -2.45. The third-order valence-corrected chi connectivity index (χ3v) is 20.9. The highest BCUT2D eigenvalue weighted by Gasteiger charge is 2.44. The van der Waals surface area contributed by atoms with Crippen molar-refractivity contribution in [2.75, 3.05) is 56.5 Å². The number of imidazole rings is 1. The number of ether oxygens (including phenoxy) is 3. The van der Waals surface area contributed by atoms with Crippen LogP contribution < -0.4 is 45.9 Å². The Bertz CT molecular complexity index is 4430. The average molecular weight is 1340 g/mol. The first-order chi connectivity index (χ1) is 44.4. The summed E-state index contributed by atoms with van der Waals surface area (Å²) in [7, 11) is -17.0. The maximum absolute atomic E-state index is 14.0. The van der Waals surface area contributed by atoms with E-state index in [1.807, 2.05) is 0 Å². The van der Waals surface area contributed by atoms with Crippen LogP contribution in [0.25, 0.3) is 16.7 Å². The predicted octanol–water partition coefficient (Wildman–Crippen LogP) is 5.04. The second kappa shape index (κ2) is 26.4. The van der Waals surface area contributed by atoms with Gasteiger partial charge in [-0.25, -0.2) is 28.0 Å². The van der Waals surface area contributed by atoms with E-state index in [4.69, 9.17) is 29.7 Å². The van der Waals surface area contributed by atoms with Gasteiger partial charge >= 0.3 is 29.4 Å². The van der Waals surface area contributed by atoms with Crippen LogP contribution in [0.2, 0.25) is 0 Å². The van der Waals surface area contributed by atoms with E-state index < -0.39 is 65.5 Å². The fourth-order valence-corrected chi connectivity index (χ4v) is 16.2. The van der Waals surface area contributed by atoms with Gasteiger partial charge in [-0.1, -0.05) is 18.3 Å². The third kappa shape index (κ3) is 14.0. The largest absolute Gasteiger partial charge is 0.490 e. The monoisotopic (exact) mass is 1340 g/mol. The fraction of sp³-hybridized carbons (Fsp3) is 0.417. The zero-order valence-electron chi connectivity index (χ0n) is 50.1. The molecular formula is C60H66N10O20P3+. The maximum atomic E-state index is 14.0. The first-order valence-electron chi connectivity index (χ1n) is 30.3. The van der Waals surface area contributed by atoms with Crippen LogP contribution in [0.5, 0.6) is 17.4 Å². The van der Waals surface area contributed by atoms with Crippen LogP contribution in [0, 0.1) is 22.0 Å². The van der Waals surface area contributed by atoms with E-state index in [1.54, 1.807) is 12.1 Å². The Kier molecular flexibility index (Phi) is 18.5. The van der Waals surface area contributed by atoms with Crippen LogP contribution in [-0.4, -0.2) is 130 Å². The lowest BCUT2D eigenvalue weighted by Gasteiger charge is -2.39. The van der Waals surface area contributed by atoms with Gasteiger partial charge in [0.1, 0.15) is 43.0 Å². The molecule has 2 amide bonds. The van der Waals surface area contributed by atoms with E-state index in [-0.39, 0.29) is 76.6 Å². The third-order valence-electron chi connectivity index (χ3n) is 17.1. The number of aromatic nitrogens is 4. The minimum absolute atomic E-state index is 0.0131. The van der Waals surface area contributed by atoms with Crippen molar-refractivity contribution in [2.45, 2.75) is 115 Å². The number of nitrogens with zero attached hydrogens (tertiary/aromatic N) is 7. The first kappa shape index (κ1) is 65.1. The van der Waals surface area contributed by atoms with Gasteiger partial charge in [0, 0.05) is 95.7 Å². The van der Waals surface area contributed by atoms with Gasteiger partial charge in [0.25, 0.3) is 11.6 Å². The number of nitro benzene ring substituents is 1. The van der Waals surface area contributed by atoms with Crippen LogP contribution >= 0.6 is 23.5 Å². The van der Waals surface area contributed by atoms with E-state index in [0.717, 1.165) is 105 Å². The number of unbranched alkanes of at least 4 members (excludes halogenated alkanes) is 2. The number of carboxylic acids is 1. The Morgan fingerprint density at radius 1 is 0.892 bits per heavy atom.